The zero-order chi connectivity index (χ0) is 26.6. The number of hydrogen-bond donors (Lipinski definition) is 1. The van der Waals surface area contributed by atoms with E-state index in [4.69, 9.17) is 4.74 Å². The highest BCUT2D eigenvalue weighted by molar-refractivity contribution is 5.81. The highest BCUT2D eigenvalue weighted by Gasteiger charge is 2.45. The third-order valence-electron chi connectivity index (χ3n) is 6.99. The summed E-state index contributed by atoms with van der Waals surface area (Å²) in [6, 6.07) is 9.35. The number of nitrogens with zero attached hydrogens (tertiary/aromatic N) is 2. The smallest absolute Gasteiger partial charge is 0.416 e. The van der Waals surface area contributed by atoms with Crippen LogP contribution in [0.4, 0.5) is 32.0 Å². The van der Waals surface area contributed by atoms with Crippen LogP contribution in [-0.2, 0) is 10.3 Å². The maximum absolute atomic E-state index is 13.4. The lowest BCUT2D eigenvalue weighted by Crippen LogP contribution is -2.52. The summed E-state index contributed by atoms with van der Waals surface area (Å²) in [6.45, 7) is -0.0237. The maximum Gasteiger partial charge on any atom is 0.416 e. The summed E-state index contributed by atoms with van der Waals surface area (Å²) in [5, 5.41) is 3.48. The van der Waals surface area contributed by atoms with E-state index in [1.165, 1.54) is 4.90 Å². The van der Waals surface area contributed by atoms with Gasteiger partial charge in [-0.2, -0.15) is 26.3 Å². The number of likely N-dealkylation sites (tertiary alicyclic amines) is 1. The number of aromatic nitrogens is 1. The Bertz CT molecular complexity index is 1320. The number of anilines is 1. The summed E-state index contributed by atoms with van der Waals surface area (Å²) in [5.74, 6) is -2.05. The molecule has 2 atom stereocenters. The first-order valence-electron chi connectivity index (χ1n) is 11.6. The number of piperidine rings is 1. The first-order chi connectivity index (χ1) is 17.4. The van der Waals surface area contributed by atoms with Gasteiger partial charge in [-0.1, -0.05) is 18.2 Å². The van der Waals surface area contributed by atoms with E-state index >= 15 is 0 Å². The Morgan fingerprint density at radius 2 is 1.95 bits per heavy atom. The van der Waals surface area contributed by atoms with Crippen LogP contribution >= 0.6 is 0 Å². The maximum atomic E-state index is 13.4. The van der Waals surface area contributed by atoms with Gasteiger partial charge < -0.3 is 19.5 Å². The highest BCUT2D eigenvalue weighted by atomic mass is 19.4. The van der Waals surface area contributed by atoms with Crippen molar-refractivity contribution in [3.63, 3.8) is 0 Å². The topological polar surface area (TPSA) is 46.5 Å². The largest absolute Gasteiger partial charge is 0.497 e. The molecular formula is C26H23F6N3O2. The third-order valence-corrected chi connectivity index (χ3v) is 6.99. The summed E-state index contributed by atoms with van der Waals surface area (Å²) in [4.78, 5) is 14.7. The number of ether oxygens (including phenoxy) is 1. The van der Waals surface area contributed by atoms with Gasteiger partial charge >= 0.3 is 12.4 Å². The Kier molecular flexibility index (Phi) is 5.91. The fourth-order valence-electron chi connectivity index (χ4n) is 5.13. The van der Waals surface area contributed by atoms with Gasteiger partial charge in [-0.05, 0) is 42.3 Å². The predicted molar refractivity (Wildman–Crippen MR) is 124 cm³/mol. The molecule has 1 spiro atoms. The zero-order valence-corrected chi connectivity index (χ0v) is 19.7. The molecule has 0 radical (unpaired) electrons. The lowest BCUT2D eigenvalue weighted by molar-refractivity contribution is -0.150. The summed E-state index contributed by atoms with van der Waals surface area (Å²) in [5.41, 5.74) is 0.394. The molecule has 3 heterocycles. The quantitative estimate of drug-likeness (QED) is 0.511. The van der Waals surface area contributed by atoms with Gasteiger partial charge in [-0.25, -0.2) is 0 Å². The van der Waals surface area contributed by atoms with Crippen LogP contribution in [0.25, 0.3) is 5.69 Å². The first-order valence-corrected chi connectivity index (χ1v) is 11.6. The van der Waals surface area contributed by atoms with Crippen molar-refractivity contribution in [3.05, 3.63) is 77.7 Å². The van der Waals surface area contributed by atoms with E-state index in [9.17, 15) is 31.1 Å². The monoisotopic (exact) mass is 523 g/mol. The van der Waals surface area contributed by atoms with Gasteiger partial charge in [0, 0.05) is 31.0 Å². The summed E-state index contributed by atoms with van der Waals surface area (Å²) in [7, 11) is 1.55. The van der Waals surface area contributed by atoms with Gasteiger partial charge in [0.05, 0.1) is 41.9 Å². The SMILES string of the molecule is COc1ccc2c(c1)NC1(CCN(CC3=CC(C(F)(F)F)=CC(C(F)(F)F)C=C3)C(=O)C1)c1cccn1-2. The van der Waals surface area contributed by atoms with E-state index < -0.39 is 29.4 Å². The van der Waals surface area contributed by atoms with Gasteiger partial charge in [0.1, 0.15) is 5.75 Å². The molecule has 2 unspecified atom stereocenters. The molecule has 1 saturated heterocycles. The van der Waals surface area contributed by atoms with Crippen molar-refractivity contribution in [3.8, 4) is 11.4 Å². The first kappa shape index (κ1) is 25.0. The fraction of sp³-hybridized carbons (Fsp3) is 0.346. The Hall–Kier alpha value is -3.63. The van der Waals surface area contributed by atoms with E-state index in [0.29, 0.717) is 24.3 Å². The van der Waals surface area contributed by atoms with E-state index in [-0.39, 0.29) is 37.1 Å². The van der Waals surface area contributed by atoms with E-state index in [1.54, 1.807) is 7.11 Å². The highest BCUT2D eigenvalue weighted by Crippen LogP contribution is 2.45. The van der Waals surface area contributed by atoms with Crippen LogP contribution in [0.5, 0.6) is 5.75 Å². The molecule has 0 bridgehead atoms. The minimum atomic E-state index is -4.96. The number of amides is 1. The lowest BCUT2D eigenvalue weighted by atomic mass is 9.81. The molecule has 11 heteroatoms. The summed E-state index contributed by atoms with van der Waals surface area (Å²) >= 11 is 0. The molecule has 1 fully saturated rings. The van der Waals surface area contributed by atoms with E-state index in [0.717, 1.165) is 23.1 Å². The van der Waals surface area contributed by atoms with Crippen molar-refractivity contribution in [1.29, 1.82) is 0 Å². The molecule has 1 aliphatic carbocycles. The van der Waals surface area contributed by atoms with Crippen molar-refractivity contribution < 1.29 is 35.9 Å². The summed E-state index contributed by atoms with van der Waals surface area (Å²) in [6.07, 6.45) is -4.87. The normalized spacial score (nSPS) is 23.6. The number of rotatable bonds is 3. The van der Waals surface area contributed by atoms with Gasteiger partial charge in [-0.15, -0.1) is 0 Å². The minimum Gasteiger partial charge on any atom is -0.497 e. The zero-order valence-electron chi connectivity index (χ0n) is 19.7. The number of alkyl halides is 6. The number of fused-ring (bicyclic) bond motifs is 4. The molecule has 1 N–H and O–H groups in total. The number of allylic oxidation sites excluding steroid dienone is 4. The number of halogens is 6. The van der Waals surface area contributed by atoms with Crippen molar-refractivity contribution in [1.82, 2.24) is 9.47 Å². The van der Waals surface area contributed by atoms with Gasteiger partial charge in [-0.3, -0.25) is 4.79 Å². The molecule has 5 rings (SSSR count). The van der Waals surface area contributed by atoms with Crippen molar-refractivity contribution in [2.24, 2.45) is 5.92 Å². The molecular weight excluding hydrogens is 500 g/mol. The van der Waals surface area contributed by atoms with E-state index in [2.05, 4.69) is 5.32 Å². The molecule has 5 nitrogen and oxygen atoms in total. The molecule has 196 valence electrons. The number of hydrogen-bond acceptors (Lipinski definition) is 3. The molecule has 1 amide bonds. The second-order valence-electron chi connectivity index (χ2n) is 9.36. The van der Waals surface area contributed by atoms with Crippen LogP contribution in [0, 0.1) is 5.92 Å². The standard InChI is InChI=1S/C26H23F6N3O2/c1-37-19-6-7-21-20(13-19)33-24(22-3-2-9-35(21)22)8-10-34(23(36)14-24)15-16-4-5-17(25(27,28)29)12-18(11-16)26(30,31)32/h2-7,9,11-13,17,33H,8,10,14-15H2,1H3. The Labute approximate surface area is 208 Å². The number of nitrogens with one attached hydrogen (secondary N) is 1. The molecule has 0 saturated carbocycles. The van der Waals surface area contributed by atoms with Crippen LogP contribution in [0.15, 0.2) is 72.0 Å². The second kappa shape index (κ2) is 8.74. The van der Waals surface area contributed by atoms with E-state index in [1.807, 2.05) is 41.1 Å². The van der Waals surface area contributed by atoms with Gasteiger partial charge in [0.25, 0.3) is 0 Å². The Balaban J connectivity index is 1.39. The van der Waals surface area contributed by atoms with Gasteiger partial charge in [0.15, 0.2) is 0 Å². The number of carbonyl (C=O) groups excluding carboxylic acids is 1. The third kappa shape index (κ3) is 4.62. The van der Waals surface area contributed by atoms with Gasteiger partial charge in [0.2, 0.25) is 5.91 Å². The number of methoxy groups -OCH3 is 1. The predicted octanol–water partition coefficient (Wildman–Crippen LogP) is 5.89. The van der Waals surface area contributed by atoms with Crippen molar-refractivity contribution >= 4 is 11.6 Å². The average molecular weight is 523 g/mol. The Morgan fingerprint density at radius 1 is 1.16 bits per heavy atom. The molecule has 37 heavy (non-hydrogen) atoms. The minimum absolute atomic E-state index is 0.0188. The molecule has 1 aromatic heterocycles. The van der Waals surface area contributed by atoms with Crippen molar-refractivity contribution in [2.45, 2.75) is 30.7 Å². The molecule has 2 aromatic rings. The fourth-order valence-corrected chi connectivity index (χ4v) is 5.13. The average Bonchev–Trinajstić information content (AvgIpc) is 3.21. The molecule has 2 aliphatic heterocycles. The Morgan fingerprint density at radius 3 is 2.62 bits per heavy atom. The van der Waals surface area contributed by atoms with Crippen LogP contribution in [0.3, 0.4) is 0 Å². The number of carbonyl (C=O) groups is 1. The molecule has 3 aliphatic rings. The lowest BCUT2D eigenvalue weighted by Gasteiger charge is -2.45. The second-order valence-corrected chi connectivity index (χ2v) is 9.36. The molecule has 1 aromatic carbocycles. The van der Waals surface area contributed by atoms with Crippen LogP contribution in [-0.4, -0.2) is 47.9 Å². The van der Waals surface area contributed by atoms with Crippen LogP contribution in [0.1, 0.15) is 18.5 Å². The summed E-state index contributed by atoms with van der Waals surface area (Å²) < 4.78 is 87.2. The van der Waals surface area contributed by atoms with Crippen LogP contribution in [0.2, 0.25) is 0 Å². The van der Waals surface area contributed by atoms with Crippen LogP contribution < -0.4 is 10.1 Å². The number of benzene rings is 1. The van der Waals surface area contributed by atoms with Crippen molar-refractivity contribution in [2.75, 3.05) is 25.5 Å².